The van der Waals surface area contributed by atoms with Gasteiger partial charge in [0, 0.05) is 24.6 Å². The molecule has 1 heterocycles. The molecule has 1 aromatic rings. The molecule has 1 atom stereocenters. The Labute approximate surface area is 101 Å². The van der Waals surface area contributed by atoms with Crippen molar-refractivity contribution in [1.29, 1.82) is 0 Å². The van der Waals surface area contributed by atoms with Crippen molar-refractivity contribution >= 4 is 22.9 Å². The quantitative estimate of drug-likeness (QED) is 0.800. The zero-order valence-electron chi connectivity index (χ0n) is 9.25. The summed E-state index contributed by atoms with van der Waals surface area (Å²) in [5.41, 5.74) is 0. The average Bonchev–Trinajstić information content (AvgIpc) is 2.61. The number of methoxy groups -OCH3 is 1. The standard InChI is InChI=1S/C11H18ClNOS/c1-3-13-9(6-7-14-2)8-10-4-5-11(12)15-10/h4-5,9,13H,3,6-8H2,1-2H3. The Balaban J connectivity index is 2.42. The minimum absolute atomic E-state index is 0.490. The summed E-state index contributed by atoms with van der Waals surface area (Å²) in [6.45, 7) is 3.92. The molecule has 0 spiro atoms. The zero-order valence-corrected chi connectivity index (χ0v) is 10.8. The number of halogens is 1. The number of thiophene rings is 1. The van der Waals surface area contributed by atoms with E-state index >= 15 is 0 Å². The van der Waals surface area contributed by atoms with Crippen LogP contribution in [0.15, 0.2) is 12.1 Å². The van der Waals surface area contributed by atoms with Crippen LogP contribution in [0.2, 0.25) is 4.34 Å². The van der Waals surface area contributed by atoms with Gasteiger partial charge in [0.25, 0.3) is 0 Å². The van der Waals surface area contributed by atoms with Crippen LogP contribution in [0.4, 0.5) is 0 Å². The van der Waals surface area contributed by atoms with Gasteiger partial charge in [-0.05, 0) is 31.5 Å². The summed E-state index contributed by atoms with van der Waals surface area (Å²) >= 11 is 7.56. The Morgan fingerprint density at radius 1 is 1.53 bits per heavy atom. The molecule has 0 bridgehead atoms. The number of hydrogen-bond donors (Lipinski definition) is 1. The van der Waals surface area contributed by atoms with Gasteiger partial charge in [0.15, 0.2) is 0 Å². The van der Waals surface area contributed by atoms with Crippen molar-refractivity contribution < 1.29 is 4.74 Å². The van der Waals surface area contributed by atoms with Crippen molar-refractivity contribution in [2.75, 3.05) is 20.3 Å². The van der Waals surface area contributed by atoms with Crippen LogP contribution in [0.5, 0.6) is 0 Å². The van der Waals surface area contributed by atoms with E-state index in [2.05, 4.69) is 18.3 Å². The Kier molecular flexibility index (Phi) is 6.25. The predicted octanol–water partition coefficient (Wildman–Crippen LogP) is 2.96. The third kappa shape index (κ3) is 4.98. The number of hydrogen-bond acceptors (Lipinski definition) is 3. The molecule has 0 saturated heterocycles. The third-order valence-electron chi connectivity index (χ3n) is 2.24. The van der Waals surface area contributed by atoms with E-state index in [1.54, 1.807) is 18.4 Å². The molecule has 0 aliphatic heterocycles. The highest BCUT2D eigenvalue weighted by Gasteiger charge is 2.09. The highest BCUT2D eigenvalue weighted by atomic mass is 35.5. The fourth-order valence-electron chi connectivity index (χ4n) is 1.53. The molecule has 1 rings (SSSR count). The maximum atomic E-state index is 5.90. The fourth-order valence-corrected chi connectivity index (χ4v) is 2.70. The lowest BCUT2D eigenvalue weighted by atomic mass is 10.1. The first kappa shape index (κ1) is 13.0. The number of ether oxygens (including phenoxy) is 1. The predicted molar refractivity (Wildman–Crippen MR) is 67.0 cm³/mol. The average molecular weight is 248 g/mol. The Bertz CT molecular complexity index is 277. The van der Waals surface area contributed by atoms with Crippen LogP contribution in [0, 0.1) is 0 Å². The molecular weight excluding hydrogens is 230 g/mol. The van der Waals surface area contributed by atoms with Gasteiger partial charge in [-0.2, -0.15) is 0 Å². The highest BCUT2D eigenvalue weighted by molar-refractivity contribution is 7.16. The molecule has 0 aliphatic carbocycles. The first-order valence-electron chi connectivity index (χ1n) is 5.22. The molecule has 86 valence electrons. The van der Waals surface area contributed by atoms with Gasteiger partial charge in [0.2, 0.25) is 0 Å². The summed E-state index contributed by atoms with van der Waals surface area (Å²) in [6, 6.07) is 4.55. The third-order valence-corrected chi connectivity index (χ3v) is 3.49. The molecule has 1 N–H and O–H groups in total. The lowest BCUT2D eigenvalue weighted by Gasteiger charge is -2.16. The van der Waals surface area contributed by atoms with Gasteiger partial charge >= 0.3 is 0 Å². The lowest BCUT2D eigenvalue weighted by Crippen LogP contribution is -2.31. The van der Waals surface area contributed by atoms with Gasteiger partial charge < -0.3 is 10.1 Å². The van der Waals surface area contributed by atoms with Gasteiger partial charge in [-0.1, -0.05) is 18.5 Å². The molecule has 2 nitrogen and oxygen atoms in total. The summed E-state index contributed by atoms with van der Waals surface area (Å²) in [6.07, 6.45) is 2.08. The van der Waals surface area contributed by atoms with Gasteiger partial charge in [-0.25, -0.2) is 0 Å². The second kappa shape index (κ2) is 7.23. The van der Waals surface area contributed by atoms with E-state index in [0.29, 0.717) is 6.04 Å². The van der Waals surface area contributed by atoms with Crippen LogP contribution < -0.4 is 5.32 Å². The largest absolute Gasteiger partial charge is 0.385 e. The molecular formula is C11H18ClNOS. The molecule has 0 fully saturated rings. The maximum absolute atomic E-state index is 5.90. The smallest absolute Gasteiger partial charge is 0.0931 e. The van der Waals surface area contributed by atoms with E-state index < -0.39 is 0 Å². The van der Waals surface area contributed by atoms with E-state index in [9.17, 15) is 0 Å². The molecule has 0 saturated carbocycles. The summed E-state index contributed by atoms with van der Waals surface area (Å²) < 4.78 is 5.97. The van der Waals surface area contributed by atoms with Crippen LogP contribution >= 0.6 is 22.9 Å². The monoisotopic (exact) mass is 247 g/mol. The van der Waals surface area contributed by atoms with Gasteiger partial charge in [-0.3, -0.25) is 0 Å². The fraction of sp³-hybridized carbons (Fsp3) is 0.636. The van der Waals surface area contributed by atoms with Crippen molar-refractivity contribution in [1.82, 2.24) is 5.32 Å². The number of nitrogens with one attached hydrogen (secondary N) is 1. The van der Waals surface area contributed by atoms with Crippen LogP contribution in [0.1, 0.15) is 18.2 Å². The number of rotatable bonds is 7. The van der Waals surface area contributed by atoms with Crippen LogP contribution in [0.3, 0.4) is 0 Å². The normalized spacial score (nSPS) is 13.0. The van der Waals surface area contributed by atoms with Crippen molar-refractivity contribution in [3.05, 3.63) is 21.3 Å². The SMILES string of the molecule is CCNC(CCOC)Cc1ccc(Cl)s1. The molecule has 0 aliphatic rings. The molecule has 0 amide bonds. The van der Waals surface area contributed by atoms with Crippen LogP contribution in [0.25, 0.3) is 0 Å². The van der Waals surface area contributed by atoms with Crippen LogP contribution in [-0.2, 0) is 11.2 Å². The van der Waals surface area contributed by atoms with Crippen molar-refractivity contribution in [3.63, 3.8) is 0 Å². The Morgan fingerprint density at radius 3 is 2.87 bits per heavy atom. The molecule has 0 radical (unpaired) electrons. The second-order valence-corrected chi connectivity index (χ2v) is 5.25. The highest BCUT2D eigenvalue weighted by Crippen LogP contribution is 2.22. The van der Waals surface area contributed by atoms with Crippen molar-refractivity contribution in [3.8, 4) is 0 Å². The molecule has 1 aromatic heterocycles. The van der Waals surface area contributed by atoms with Gasteiger partial charge in [0.1, 0.15) is 0 Å². The summed E-state index contributed by atoms with van der Waals surface area (Å²) in [5.74, 6) is 0. The van der Waals surface area contributed by atoms with Gasteiger partial charge in [0.05, 0.1) is 4.34 Å². The first-order chi connectivity index (χ1) is 7.26. The minimum atomic E-state index is 0.490. The molecule has 4 heteroatoms. The second-order valence-electron chi connectivity index (χ2n) is 3.45. The Morgan fingerprint density at radius 2 is 2.33 bits per heavy atom. The number of likely N-dealkylation sites (N-methyl/N-ethyl adjacent to an activating group) is 1. The van der Waals surface area contributed by atoms with E-state index in [1.165, 1.54) is 4.88 Å². The lowest BCUT2D eigenvalue weighted by molar-refractivity contribution is 0.183. The van der Waals surface area contributed by atoms with Crippen molar-refractivity contribution in [2.24, 2.45) is 0 Å². The van der Waals surface area contributed by atoms with Gasteiger partial charge in [-0.15, -0.1) is 11.3 Å². The summed E-state index contributed by atoms with van der Waals surface area (Å²) in [4.78, 5) is 1.34. The molecule has 0 aromatic carbocycles. The molecule has 1 unspecified atom stereocenters. The molecule has 15 heavy (non-hydrogen) atoms. The van der Waals surface area contributed by atoms with E-state index in [-0.39, 0.29) is 0 Å². The maximum Gasteiger partial charge on any atom is 0.0931 e. The van der Waals surface area contributed by atoms with E-state index in [0.717, 1.165) is 30.3 Å². The first-order valence-corrected chi connectivity index (χ1v) is 6.42. The zero-order chi connectivity index (χ0) is 11.1. The van der Waals surface area contributed by atoms with E-state index in [1.807, 2.05) is 6.07 Å². The topological polar surface area (TPSA) is 21.3 Å². The summed E-state index contributed by atoms with van der Waals surface area (Å²) in [5, 5.41) is 3.46. The van der Waals surface area contributed by atoms with Crippen molar-refractivity contribution in [2.45, 2.75) is 25.8 Å². The van der Waals surface area contributed by atoms with Crippen LogP contribution in [-0.4, -0.2) is 26.3 Å². The Hall–Kier alpha value is -0.0900. The summed E-state index contributed by atoms with van der Waals surface area (Å²) in [7, 11) is 1.74. The van der Waals surface area contributed by atoms with E-state index in [4.69, 9.17) is 16.3 Å². The minimum Gasteiger partial charge on any atom is -0.385 e.